The number of unbranched alkanes of at least 4 members (excludes halogenated alkanes) is 12. The fourth-order valence-electron chi connectivity index (χ4n) is 6.67. The second-order valence-corrected chi connectivity index (χ2v) is 18.6. The van der Waals surface area contributed by atoms with Gasteiger partial charge in [0.05, 0.1) is 32.0 Å². The van der Waals surface area contributed by atoms with E-state index in [1.165, 1.54) is 25.7 Å². The first-order chi connectivity index (χ1) is 27.4. The molecular formula is C40H74O16P2. The van der Waals surface area contributed by atoms with Crippen molar-refractivity contribution < 1.29 is 76.6 Å². The predicted molar refractivity (Wildman–Crippen MR) is 217 cm³/mol. The van der Waals surface area contributed by atoms with Crippen LogP contribution in [0.2, 0.25) is 0 Å². The quantitative estimate of drug-likeness (QED) is 0.0160. The van der Waals surface area contributed by atoms with Crippen LogP contribution in [0.5, 0.6) is 0 Å². The topological polar surface area (TPSA) is 253 Å². The lowest BCUT2D eigenvalue weighted by molar-refractivity contribution is -0.161. The molecule has 0 heterocycles. The van der Waals surface area contributed by atoms with Gasteiger partial charge in [-0.05, 0) is 37.5 Å². The number of carbonyl (C=O) groups is 3. The van der Waals surface area contributed by atoms with E-state index in [0.717, 1.165) is 57.3 Å². The van der Waals surface area contributed by atoms with Gasteiger partial charge in [0, 0.05) is 25.2 Å². The number of allylic oxidation sites excluding steroid dienone is 1. The van der Waals surface area contributed by atoms with Gasteiger partial charge in [0.2, 0.25) is 0 Å². The van der Waals surface area contributed by atoms with Crippen molar-refractivity contribution in [1.82, 2.24) is 0 Å². The molecule has 1 unspecified atom stereocenters. The first-order valence-electron chi connectivity index (χ1n) is 21.3. The van der Waals surface area contributed by atoms with E-state index in [0.29, 0.717) is 38.5 Å². The van der Waals surface area contributed by atoms with Crippen LogP contribution in [-0.2, 0) is 46.6 Å². The first-order valence-corrected chi connectivity index (χ1v) is 24.4. The lowest BCUT2D eigenvalue weighted by Gasteiger charge is -2.20. The van der Waals surface area contributed by atoms with Gasteiger partial charge in [-0.15, -0.1) is 0 Å². The maximum Gasteiger partial charge on any atom is 0.472 e. The summed E-state index contributed by atoms with van der Waals surface area (Å²) in [6, 6.07) is 0. The van der Waals surface area contributed by atoms with Gasteiger partial charge in [-0.1, -0.05) is 123 Å². The summed E-state index contributed by atoms with van der Waals surface area (Å²) in [5.74, 6) is -1.18. The highest BCUT2D eigenvalue weighted by atomic mass is 31.2. The molecule has 7 atom stereocenters. The van der Waals surface area contributed by atoms with Crippen molar-refractivity contribution in [3.05, 3.63) is 12.2 Å². The van der Waals surface area contributed by atoms with Crippen molar-refractivity contribution in [2.45, 2.75) is 180 Å². The van der Waals surface area contributed by atoms with Gasteiger partial charge in [-0.2, -0.15) is 0 Å². The Morgan fingerprint density at radius 2 is 1.29 bits per heavy atom. The molecule has 0 amide bonds. The van der Waals surface area contributed by atoms with Gasteiger partial charge in [-0.3, -0.25) is 28.0 Å². The number of hydrogen-bond donors (Lipinski definition) is 6. The number of phosphoric ester groups is 2. The summed E-state index contributed by atoms with van der Waals surface area (Å²) in [4.78, 5) is 65.3. The molecule has 0 saturated heterocycles. The van der Waals surface area contributed by atoms with E-state index in [4.69, 9.17) is 23.8 Å². The Balaban J connectivity index is 2.57. The molecule has 16 nitrogen and oxygen atoms in total. The van der Waals surface area contributed by atoms with Crippen molar-refractivity contribution >= 4 is 33.4 Å². The highest BCUT2D eigenvalue weighted by Gasteiger charge is 2.39. The third kappa shape index (κ3) is 28.8. The minimum atomic E-state index is -4.89. The van der Waals surface area contributed by atoms with E-state index < -0.39 is 84.3 Å². The molecule has 0 radical (unpaired) electrons. The second-order valence-electron chi connectivity index (χ2n) is 15.9. The Kier molecular flexibility index (Phi) is 29.4. The van der Waals surface area contributed by atoms with E-state index in [-0.39, 0.29) is 31.0 Å². The van der Waals surface area contributed by atoms with Gasteiger partial charge in [-0.25, -0.2) is 9.13 Å². The molecule has 18 heteroatoms. The van der Waals surface area contributed by atoms with Gasteiger partial charge in [0.15, 0.2) is 6.10 Å². The zero-order chi connectivity index (χ0) is 43.4. The number of esters is 2. The summed E-state index contributed by atoms with van der Waals surface area (Å²) in [5, 5.41) is 30.5. The number of rotatable bonds is 36. The normalized spacial score (nSPS) is 20.0. The monoisotopic (exact) mass is 872 g/mol. The van der Waals surface area contributed by atoms with E-state index in [1.807, 2.05) is 0 Å². The number of phosphoric acid groups is 2. The maximum absolute atomic E-state index is 12.8. The van der Waals surface area contributed by atoms with Crippen LogP contribution in [0.4, 0.5) is 0 Å². The van der Waals surface area contributed by atoms with Crippen LogP contribution in [0.25, 0.3) is 0 Å². The molecule has 58 heavy (non-hydrogen) atoms. The van der Waals surface area contributed by atoms with Crippen LogP contribution in [0.1, 0.15) is 156 Å². The fourth-order valence-corrected chi connectivity index (χ4v) is 7.83. The summed E-state index contributed by atoms with van der Waals surface area (Å²) in [6.45, 7) is 3.63. The largest absolute Gasteiger partial charge is 0.472 e. The SMILES string of the molecule is CCCCC[C@H](O)/C=C/[C@H]1C(=O)C[C@H](O)[C@@H]1CCCCCCC(=O)O[C@H](COC(=O)CCCCCCCCCCC(C)C)COP(=O)(O)OC[C@@H](O)COP(=O)(O)O. The third-order valence-electron chi connectivity index (χ3n) is 9.98. The molecule has 0 aromatic heterocycles. The molecule has 6 N–H and O–H groups in total. The summed E-state index contributed by atoms with van der Waals surface area (Å²) in [6.07, 6.45) is 15.7. The number of ketones is 1. The van der Waals surface area contributed by atoms with Crippen LogP contribution < -0.4 is 0 Å². The second kappa shape index (κ2) is 31.3. The Labute approximate surface area is 345 Å². The molecule has 1 fully saturated rings. The predicted octanol–water partition coefficient (Wildman–Crippen LogP) is 7.01. The minimum Gasteiger partial charge on any atom is -0.462 e. The summed E-state index contributed by atoms with van der Waals surface area (Å²) < 4.78 is 47.7. The summed E-state index contributed by atoms with van der Waals surface area (Å²) >= 11 is 0. The van der Waals surface area contributed by atoms with E-state index in [9.17, 15) is 43.7 Å². The highest BCUT2D eigenvalue weighted by molar-refractivity contribution is 7.47. The van der Waals surface area contributed by atoms with Crippen LogP contribution in [0.15, 0.2) is 12.2 Å². The number of aliphatic hydroxyl groups excluding tert-OH is 3. The van der Waals surface area contributed by atoms with Gasteiger partial charge in [0.1, 0.15) is 18.5 Å². The van der Waals surface area contributed by atoms with E-state index in [1.54, 1.807) is 12.2 Å². The van der Waals surface area contributed by atoms with Gasteiger partial charge >= 0.3 is 27.6 Å². The van der Waals surface area contributed by atoms with Crippen molar-refractivity contribution in [2.75, 3.05) is 26.4 Å². The highest BCUT2D eigenvalue weighted by Crippen LogP contribution is 2.44. The third-order valence-corrected chi connectivity index (χ3v) is 11.4. The first kappa shape index (κ1) is 54.5. The van der Waals surface area contributed by atoms with Crippen molar-refractivity contribution in [3.63, 3.8) is 0 Å². The van der Waals surface area contributed by atoms with Gasteiger partial charge < -0.3 is 39.5 Å². The average molecular weight is 873 g/mol. The zero-order valence-electron chi connectivity index (χ0n) is 35.0. The summed E-state index contributed by atoms with van der Waals surface area (Å²) in [7, 11) is -9.76. The van der Waals surface area contributed by atoms with Crippen molar-refractivity contribution in [3.8, 4) is 0 Å². The minimum absolute atomic E-state index is 0.00690. The zero-order valence-corrected chi connectivity index (χ0v) is 36.8. The Morgan fingerprint density at radius 1 is 0.741 bits per heavy atom. The number of Topliss-reactive ketones (excluding diaryl/α,β-unsaturated/α-hetero) is 1. The molecule has 340 valence electrons. The van der Waals surface area contributed by atoms with Crippen molar-refractivity contribution in [2.24, 2.45) is 17.8 Å². The van der Waals surface area contributed by atoms with Crippen LogP contribution >= 0.6 is 15.6 Å². The molecule has 1 aliphatic rings. The molecule has 0 aromatic carbocycles. The van der Waals surface area contributed by atoms with Crippen LogP contribution in [0.3, 0.4) is 0 Å². The standard InChI is InChI=1S/C40H74O16P2/c1-4-5-14-20-32(41)24-25-36-35(37(43)26-38(36)44)21-16-12-13-18-23-40(46)56-34(30-55-58(50,51)54-28-33(42)27-53-57(47,48)49)29-52-39(45)22-17-11-9-7-6-8-10-15-19-31(2)3/h24-25,31-37,41-43H,4-23,26-30H2,1-3H3,(H,50,51)(H2,47,48,49)/b25-24+/t32-,33-,34+,35+,36+,37-/m0/s1. The van der Waals surface area contributed by atoms with Crippen LogP contribution in [0, 0.1) is 17.8 Å². The number of ether oxygens (including phenoxy) is 2. The molecular weight excluding hydrogens is 798 g/mol. The molecule has 1 saturated carbocycles. The molecule has 0 bridgehead atoms. The van der Waals surface area contributed by atoms with Gasteiger partial charge in [0.25, 0.3) is 0 Å². The average Bonchev–Trinajstić information content (AvgIpc) is 3.42. The molecule has 0 spiro atoms. The molecule has 1 aliphatic carbocycles. The van der Waals surface area contributed by atoms with E-state index >= 15 is 0 Å². The van der Waals surface area contributed by atoms with E-state index in [2.05, 4.69) is 29.8 Å². The lowest BCUT2D eigenvalue weighted by Crippen LogP contribution is -2.30. The molecule has 0 aliphatic heterocycles. The fraction of sp³-hybridized carbons (Fsp3) is 0.875. The Morgan fingerprint density at radius 3 is 1.91 bits per heavy atom. The Hall–Kier alpha value is -1.55. The van der Waals surface area contributed by atoms with Crippen molar-refractivity contribution in [1.29, 1.82) is 0 Å². The Bertz CT molecular complexity index is 1260. The molecule has 1 rings (SSSR count). The summed E-state index contributed by atoms with van der Waals surface area (Å²) in [5.41, 5.74) is 0. The number of aliphatic hydroxyl groups is 3. The smallest absolute Gasteiger partial charge is 0.462 e. The number of hydrogen-bond acceptors (Lipinski definition) is 13. The maximum atomic E-state index is 12.8. The van der Waals surface area contributed by atoms with Crippen LogP contribution in [-0.4, -0.2) is 98.6 Å². The lowest BCUT2D eigenvalue weighted by atomic mass is 9.88. The number of carbonyl (C=O) groups excluding carboxylic acids is 3. The molecule has 0 aromatic rings.